The van der Waals surface area contributed by atoms with E-state index in [-0.39, 0.29) is 11.8 Å². The number of unbranched alkanes of at least 4 members (excludes halogenated alkanes) is 6. The molecule has 1 unspecified atom stereocenters. The van der Waals surface area contributed by atoms with E-state index in [2.05, 4.69) is 11.8 Å². The molecule has 0 aliphatic carbocycles. The van der Waals surface area contributed by atoms with Crippen molar-refractivity contribution in [1.82, 2.24) is 4.90 Å². The van der Waals surface area contributed by atoms with Gasteiger partial charge >= 0.3 is 5.97 Å². The van der Waals surface area contributed by atoms with Crippen LogP contribution in [-0.4, -0.2) is 47.5 Å². The number of halogens is 2. The van der Waals surface area contributed by atoms with Crippen LogP contribution in [-0.2, 0) is 15.1 Å². The second-order valence-electron chi connectivity index (χ2n) is 10.4. The van der Waals surface area contributed by atoms with Gasteiger partial charge in [-0.3, -0.25) is 9.59 Å². The van der Waals surface area contributed by atoms with Gasteiger partial charge in [0.2, 0.25) is 5.78 Å². The monoisotopic (exact) mass is 545 g/mol. The number of likely N-dealkylation sites (tertiary alicyclic amines) is 1. The zero-order valence-electron chi connectivity index (χ0n) is 22.5. The van der Waals surface area contributed by atoms with Gasteiger partial charge in [-0.25, -0.2) is 4.39 Å². The molecule has 1 saturated heterocycles. The van der Waals surface area contributed by atoms with Crippen LogP contribution in [0.15, 0.2) is 48.5 Å². The third-order valence-electron chi connectivity index (χ3n) is 7.45. The highest BCUT2D eigenvalue weighted by Crippen LogP contribution is 2.33. The van der Waals surface area contributed by atoms with Gasteiger partial charge in [-0.15, -0.1) is 0 Å². The second-order valence-corrected chi connectivity index (χ2v) is 10.8. The number of benzene rings is 2. The molecule has 0 spiro atoms. The summed E-state index contributed by atoms with van der Waals surface area (Å²) in [6.07, 6.45) is 8.50. The molecule has 1 aliphatic heterocycles. The summed E-state index contributed by atoms with van der Waals surface area (Å²) in [7, 11) is 0. The molecule has 0 radical (unpaired) electrons. The van der Waals surface area contributed by atoms with E-state index in [1.54, 1.807) is 12.1 Å². The number of carbonyl (C=O) groups is 2. The SMILES string of the molecule is CCCCCCCCCC(=O)OC(CCN1CCC(O)(c2ccc(Cl)cc2)CC1)C(=O)c1ccc(F)cc1. The van der Waals surface area contributed by atoms with E-state index in [1.807, 2.05) is 12.1 Å². The fraction of sp³-hybridized carbons (Fsp3) is 0.548. The number of ketones is 1. The van der Waals surface area contributed by atoms with Crippen LogP contribution in [0.4, 0.5) is 4.39 Å². The van der Waals surface area contributed by atoms with Crippen molar-refractivity contribution in [2.75, 3.05) is 19.6 Å². The summed E-state index contributed by atoms with van der Waals surface area (Å²) in [4.78, 5) is 28.0. The average molecular weight is 546 g/mol. The Hall–Kier alpha value is -2.28. The zero-order chi connectivity index (χ0) is 27.4. The summed E-state index contributed by atoms with van der Waals surface area (Å²) < 4.78 is 19.1. The van der Waals surface area contributed by atoms with Gasteiger partial charge in [-0.05, 0) is 61.2 Å². The van der Waals surface area contributed by atoms with Crippen molar-refractivity contribution in [3.8, 4) is 0 Å². The van der Waals surface area contributed by atoms with Crippen molar-refractivity contribution >= 4 is 23.4 Å². The predicted molar refractivity (Wildman–Crippen MR) is 149 cm³/mol. The van der Waals surface area contributed by atoms with Gasteiger partial charge in [-0.1, -0.05) is 69.2 Å². The van der Waals surface area contributed by atoms with Crippen LogP contribution < -0.4 is 0 Å². The second kappa shape index (κ2) is 15.3. The van der Waals surface area contributed by atoms with E-state index in [1.165, 1.54) is 49.9 Å². The molecule has 0 bridgehead atoms. The summed E-state index contributed by atoms with van der Waals surface area (Å²) >= 11 is 5.99. The summed E-state index contributed by atoms with van der Waals surface area (Å²) in [6.45, 7) is 4.05. The van der Waals surface area contributed by atoms with Crippen molar-refractivity contribution < 1.29 is 23.8 Å². The van der Waals surface area contributed by atoms with Crippen LogP contribution >= 0.6 is 11.6 Å². The Labute approximate surface area is 231 Å². The molecule has 2 aromatic carbocycles. The normalized spacial score (nSPS) is 16.2. The first-order valence-corrected chi connectivity index (χ1v) is 14.4. The Kier molecular flexibility index (Phi) is 12.2. The Morgan fingerprint density at radius 3 is 2.21 bits per heavy atom. The number of hydrogen-bond acceptors (Lipinski definition) is 5. The molecule has 1 heterocycles. The van der Waals surface area contributed by atoms with Gasteiger partial charge in [0.25, 0.3) is 0 Å². The molecule has 2 aromatic rings. The first-order chi connectivity index (χ1) is 18.3. The number of esters is 1. The zero-order valence-corrected chi connectivity index (χ0v) is 23.2. The lowest BCUT2D eigenvalue weighted by Gasteiger charge is -2.39. The van der Waals surface area contributed by atoms with E-state index in [9.17, 15) is 19.1 Å². The van der Waals surface area contributed by atoms with E-state index >= 15 is 0 Å². The number of carbonyl (C=O) groups excluding carboxylic acids is 2. The summed E-state index contributed by atoms with van der Waals surface area (Å²) in [5, 5.41) is 11.8. The summed E-state index contributed by atoms with van der Waals surface area (Å²) in [5.41, 5.74) is 0.272. The van der Waals surface area contributed by atoms with Crippen molar-refractivity contribution in [2.24, 2.45) is 0 Å². The molecule has 0 saturated carbocycles. The molecule has 1 N–H and O–H groups in total. The molecule has 5 nitrogen and oxygen atoms in total. The van der Waals surface area contributed by atoms with Gasteiger partial charge in [0.1, 0.15) is 5.82 Å². The molecular weight excluding hydrogens is 505 g/mol. The van der Waals surface area contributed by atoms with Crippen molar-refractivity contribution in [3.63, 3.8) is 0 Å². The Morgan fingerprint density at radius 1 is 0.974 bits per heavy atom. The third-order valence-corrected chi connectivity index (χ3v) is 7.70. The maximum Gasteiger partial charge on any atom is 0.306 e. The van der Waals surface area contributed by atoms with Crippen molar-refractivity contribution in [1.29, 1.82) is 0 Å². The number of ether oxygens (including phenoxy) is 1. The molecule has 7 heteroatoms. The molecule has 0 amide bonds. The Bertz CT molecular complexity index is 1000. The topological polar surface area (TPSA) is 66.8 Å². The minimum absolute atomic E-state index is 0.290. The minimum atomic E-state index is -0.922. The van der Waals surface area contributed by atoms with E-state index in [0.717, 1.165) is 24.8 Å². The number of piperidine rings is 1. The van der Waals surface area contributed by atoms with Crippen LogP contribution in [0.25, 0.3) is 0 Å². The van der Waals surface area contributed by atoms with Gasteiger partial charge in [0, 0.05) is 43.1 Å². The van der Waals surface area contributed by atoms with E-state index < -0.39 is 17.5 Å². The molecule has 208 valence electrons. The number of aliphatic hydroxyl groups is 1. The molecular formula is C31H41ClFNO4. The number of hydrogen-bond donors (Lipinski definition) is 1. The van der Waals surface area contributed by atoms with Crippen LogP contribution in [0.2, 0.25) is 5.02 Å². The standard InChI is InChI=1S/C31H41ClFNO4/c1-2-3-4-5-6-7-8-9-29(35)38-28(30(36)24-10-16-27(33)17-11-24)18-21-34-22-19-31(37,20-23-34)25-12-14-26(32)15-13-25/h10-17,28,37H,2-9,18-23H2,1H3. The summed E-state index contributed by atoms with van der Waals surface area (Å²) in [6, 6.07) is 12.6. The van der Waals surface area contributed by atoms with Crippen LogP contribution in [0.3, 0.4) is 0 Å². The number of nitrogens with zero attached hydrogens (tertiary/aromatic N) is 1. The smallest absolute Gasteiger partial charge is 0.306 e. The molecule has 1 aliphatic rings. The Morgan fingerprint density at radius 2 is 1.58 bits per heavy atom. The lowest BCUT2D eigenvalue weighted by molar-refractivity contribution is -0.147. The molecule has 1 fully saturated rings. The highest BCUT2D eigenvalue weighted by molar-refractivity contribution is 6.30. The van der Waals surface area contributed by atoms with E-state index in [0.29, 0.717) is 55.9 Å². The molecule has 1 atom stereocenters. The fourth-order valence-corrected chi connectivity index (χ4v) is 5.11. The van der Waals surface area contributed by atoms with Crippen LogP contribution in [0.1, 0.15) is 93.5 Å². The van der Waals surface area contributed by atoms with Crippen LogP contribution in [0, 0.1) is 5.82 Å². The quantitative estimate of drug-likeness (QED) is 0.147. The average Bonchev–Trinajstić information content (AvgIpc) is 2.92. The highest BCUT2D eigenvalue weighted by atomic mass is 35.5. The Balaban J connectivity index is 1.53. The number of rotatable bonds is 15. The molecule has 38 heavy (non-hydrogen) atoms. The largest absolute Gasteiger partial charge is 0.454 e. The number of Topliss-reactive ketones (excluding diaryl/α,β-unsaturated/α-hetero) is 1. The fourth-order valence-electron chi connectivity index (χ4n) is 4.98. The first kappa shape index (κ1) is 30.3. The molecule has 0 aromatic heterocycles. The van der Waals surface area contributed by atoms with Gasteiger partial charge in [-0.2, -0.15) is 0 Å². The maximum absolute atomic E-state index is 13.4. The van der Waals surface area contributed by atoms with Gasteiger partial charge < -0.3 is 14.7 Å². The predicted octanol–water partition coefficient (Wildman–Crippen LogP) is 7.09. The first-order valence-electron chi connectivity index (χ1n) is 14.0. The van der Waals surface area contributed by atoms with Crippen LogP contribution in [0.5, 0.6) is 0 Å². The van der Waals surface area contributed by atoms with Crippen molar-refractivity contribution in [3.05, 3.63) is 70.5 Å². The van der Waals surface area contributed by atoms with Gasteiger partial charge in [0.05, 0.1) is 5.60 Å². The summed E-state index contributed by atoms with van der Waals surface area (Å²) in [5.74, 6) is -1.10. The lowest BCUT2D eigenvalue weighted by atomic mass is 9.84. The van der Waals surface area contributed by atoms with Gasteiger partial charge in [0.15, 0.2) is 6.10 Å². The van der Waals surface area contributed by atoms with E-state index in [4.69, 9.17) is 16.3 Å². The minimum Gasteiger partial charge on any atom is -0.454 e. The maximum atomic E-state index is 13.4. The lowest BCUT2D eigenvalue weighted by Crippen LogP contribution is -2.44. The van der Waals surface area contributed by atoms with Crippen molar-refractivity contribution in [2.45, 2.75) is 89.3 Å². The highest BCUT2D eigenvalue weighted by Gasteiger charge is 2.34. The third kappa shape index (κ3) is 9.48. The molecule has 3 rings (SSSR count).